The van der Waals surface area contributed by atoms with Crippen molar-refractivity contribution in [3.63, 3.8) is 0 Å². The van der Waals surface area contributed by atoms with E-state index in [4.69, 9.17) is 0 Å². The average molecular weight is 241 g/mol. The Balaban J connectivity index is 3.92. The van der Waals surface area contributed by atoms with Crippen molar-refractivity contribution in [2.24, 2.45) is 0 Å². The molecule has 0 radical (unpaired) electrons. The topological polar surface area (TPSA) is 55.4 Å². The predicted octanol–water partition coefficient (Wildman–Crippen LogP) is 1.40. The number of ether oxygens (including phenoxy) is 1. The molecule has 16 heavy (non-hydrogen) atoms. The molecule has 0 aliphatic rings. The minimum Gasteiger partial charge on any atom is -0.464 e. The second kappa shape index (κ2) is 6.34. The van der Waals surface area contributed by atoms with E-state index in [-0.39, 0.29) is 6.61 Å². The van der Waals surface area contributed by atoms with Gasteiger partial charge in [-0.3, -0.25) is 4.79 Å². The first-order valence-corrected chi connectivity index (χ1v) is 4.79. The first-order chi connectivity index (χ1) is 7.26. The summed E-state index contributed by atoms with van der Waals surface area (Å²) in [7, 11) is 0. The lowest BCUT2D eigenvalue weighted by Crippen LogP contribution is -2.39. The van der Waals surface area contributed by atoms with Crippen LogP contribution in [0.5, 0.6) is 0 Å². The van der Waals surface area contributed by atoms with Crippen molar-refractivity contribution >= 4 is 11.9 Å². The Labute approximate surface area is 91.1 Å². The summed E-state index contributed by atoms with van der Waals surface area (Å²) >= 11 is 0. The normalized spacial score (nSPS) is 13.1. The summed E-state index contributed by atoms with van der Waals surface area (Å²) in [4.78, 5) is 22.0. The molecule has 1 atom stereocenters. The number of rotatable bonds is 5. The van der Waals surface area contributed by atoms with E-state index in [0.29, 0.717) is 0 Å². The van der Waals surface area contributed by atoms with E-state index in [1.165, 1.54) is 6.92 Å². The van der Waals surface area contributed by atoms with E-state index in [1.807, 2.05) is 0 Å². The number of nitrogens with one attached hydrogen (secondary N) is 1. The van der Waals surface area contributed by atoms with Crippen LogP contribution in [0.4, 0.5) is 13.2 Å². The molecule has 0 fully saturated rings. The summed E-state index contributed by atoms with van der Waals surface area (Å²) in [6.07, 6.45) is -6.26. The van der Waals surface area contributed by atoms with Gasteiger partial charge in [-0.25, -0.2) is 4.79 Å². The van der Waals surface area contributed by atoms with Gasteiger partial charge in [-0.15, -0.1) is 0 Å². The van der Waals surface area contributed by atoms with E-state index in [9.17, 15) is 22.8 Å². The molecule has 0 bridgehead atoms. The van der Waals surface area contributed by atoms with E-state index in [1.54, 1.807) is 6.92 Å². The molecule has 1 unspecified atom stereocenters. The van der Waals surface area contributed by atoms with Crippen LogP contribution in [0.15, 0.2) is 0 Å². The van der Waals surface area contributed by atoms with Crippen molar-refractivity contribution in [2.75, 3.05) is 6.61 Å². The third-order valence-corrected chi connectivity index (χ3v) is 1.65. The van der Waals surface area contributed by atoms with Gasteiger partial charge in [-0.1, -0.05) is 0 Å². The molecule has 0 aliphatic heterocycles. The summed E-state index contributed by atoms with van der Waals surface area (Å²) in [5.74, 6) is -1.49. The Morgan fingerprint density at radius 2 is 1.94 bits per heavy atom. The van der Waals surface area contributed by atoms with Crippen molar-refractivity contribution in [1.82, 2.24) is 5.32 Å². The fraction of sp³-hybridized carbons (Fsp3) is 0.778. The van der Waals surface area contributed by atoms with Crippen LogP contribution in [0.1, 0.15) is 26.7 Å². The van der Waals surface area contributed by atoms with Crippen LogP contribution in [-0.4, -0.2) is 30.7 Å². The molecule has 0 aromatic carbocycles. The highest BCUT2D eigenvalue weighted by molar-refractivity contribution is 5.84. The van der Waals surface area contributed by atoms with Gasteiger partial charge < -0.3 is 10.1 Å². The summed E-state index contributed by atoms with van der Waals surface area (Å²) in [5.41, 5.74) is 0. The lowest BCUT2D eigenvalue weighted by atomic mass is 10.2. The van der Waals surface area contributed by atoms with Crippen molar-refractivity contribution in [3.8, 4) is 0 Å². The van der Waals surface area contributed by atoms with Gasteiger partial charge in [0, 0.05) is 6.42 Å². The number of carbonyl (C=O) groups is 2. The molecule has 0 aromatic heterocycles. The maximum atomic E-state index is 11.8. The highest BCUT2D eigenvalue weighted by atomic mass is 19.4. The lowest BCUT2D eigenvalue weighted by molar-refractivity contribution is -0.149. The number of esters is 1. The highest BCUT2D eigenvalue weighted by Gasteiger charge is 2.28. The minimum atomic E-state index is -4.37. The SMILES string of the molecule is CCOC(=O)C(C)NC(=O)CCC(F)(F)F. The monoisotopic (exact) mass is 241 g/mol. The Morgan fingerprint density at radius 3 is 2.38 bits per heavy atom. The second-order valence-corrected chi connectivity index (χ2v) is 3.16. The fourth-order valence-electron chi connectivity index (χ4n) is 0.895. The van der Waals surface area contributed by atoms with Gasteiger partial charge in [0.15, 0.2) is 0 Å². The minimum absolute atomic E-state index is 0.154. The number of hydrogen-bond acceptors (Lipinski definition) is 3. The summed E-state index contributed by atoms with van der Waals surface area (Å²) in [6.45, 7) is 3.10. The lowest BCUT2D eigenvalue weighted by Gasteiger charge is -2.12. The third kappa shape index (κ3) is 7.08. The molecule has 0 spiro atoms. The molecule has 0 aromatic rings. The van der Waals surface area contributed by atoms with Crippen molar-refractivity contribution in [3.05, 3.63) is 0 Å². The molecule has 0 rings (SSSR count). The van der Waals surface area contributed by atoms with Gasteiger partial charge in [-0.05, 0) is 13.8 Å². The van der Waals surface area contributed by atoms with Crippen LogP contribution in [0.25, 0.3) is 0 Å². The first-order valence-electron chi connectivity index (χ1n) is 4.79. The van der Waals surface area contributed by atoms with Gasteiger partial charge in [0.25, 0.3) is 0 Å². The van der Waals surface area contributed by atoms with Crippen LogP contribution in [0.2, 0.25) is 0 Å². The van der Waals surface area contributed by atoms with Crippen molar-refractivity contribution < 1.29 is 27.5 Å². The maximum Gasteiger partial charge on any atom is 0.389 e. The first kappa shape index (κ1) is 14.7. The van der Waals surface area contributed by atoms with E-state index < -0.39 is 36.9 Å². The smallest absolute Gasteiger partial charge is 0.389 e. The van der Waals surface area contributed by atoms with Gasteiger partial charge in [0.05, 0.1) is 13.0 Å². The molecule has 4 nitrogen and oxygen atoms in total. The quantitative estimate of drug-likeness (QED) is 0.740. The third-order valence-electron chi connectivity index (χ3n) is 1.65. The average Bonchev–Trinajstić information content (AvgIpc) is 2.14. The number of carbonyl (C=O) groups excluding carboxylic acids is 2. The Hall–Kier alpha value is -1.27. The van der Waals surface area contributed by atoms with Gasteiger partial charge in [0.1, 0.15) is 6.04 Å². The summed E-state index contributed by atoms with van der Waals surface area (Å²) in [5, 5.41) is 2.12. The molecule has 1 amide bonds. The number of hydrogen-bond donors (Lipinski definition) is 1. The van der Waals surface area contributed by atoms with E-state index in [0.717, 1.165) is 0 Å². The molecule has 7 heteroatoms. The number of halogens is 3. The molecule has 94 valence electrons. The molecule has 0 heterocycles. The molecule has 1 N–H and O–H groups in total. The van der Waals surface area contributed by atoms with Crippen LogP contribution < -0.4 is 5.32 Å². The fourth-order valence-corrected chi connectivity index (χ4v) is 0.895. The zero-order chi connectivity index (χ0) is 12.8. The molecule has 0 saturated heterocycles. The zero-order valence-electron chi connectivity index (χ0n) is 9.06. The summed E-state index contributed by atoms with van der Waals surface area (Å²) in [6, 6.07) is -0.930. The molecule has 0 aliphatic carbocycles. The van der Waals surface area contributed by atoms with Crippen LogP contribution in [0.3, 0.4) is 0 Å². The van der Waals surface area contributed by atoms with E-state index in [2.05, 4.69) is 10.1 Å². The van der Waals surface area contributed by atoms with Gasteiger partial charge >= 0.3 is 12.1 Å². The Morgan fingerprint density at radius 1 is 1.38 bits per heavy atom. The number of amides is 1. The zero-order valence-corrected chi connectivity index (χ0v) is 9.06. The standard InChI is InChI=1S/C9H14F3NO3/c1-3-16-8(15)6(2)13-7(14)4-5-9(10,11)12/h6H,3-5H2,1-2H3,(H,13,14). The van der Waals surface area contributed by atoms with Crippen LogP contribution in [-0.2, 0) is 14.3 Å². The van der Waals surface area contributed by atoms with Crippen molar-refractivity contribution in [1.29, 1.82) is 0 Å². The summed E-state index contributed by atoms with van der Waals surface area (Å²) < 4.78 is 39.9. The van der Waals surface area contributed by atoms with Gasteiger partial charge in [-0.2, -0.15) is 13.2 Å². The van der Waals surface area contributed by atoms with Crippen LogP contribution >= 0.6 is 0 Å². The Kier molecular flexibility index (Phi) is 5.84. The predicted molar refractivity (Wildman–Crippen MR) is 49.5 cm³/mol. The maximum absolute atomic E-state index is 11.8. The number of alkyl halides is 3. The van der Waals surface area contributed by atoms with Crippen molar-refractivity contribution in [2.45, 2.75) is 38.9 Å². The molecular formula is C9H14F3NO3. The van der Waals surface area contributed by atoms with Crippen LogP contribution in [0, 0.1) is 0 Å². The molecule has 0 saturated carbocycles. The van der Waals surface area contributed by atoms with Gasteiger partial charge in [0.2, 0.25) is 5.91 Å². The molecular weight excluding hydrogens is 227 g/mol. The Bertz CT molecular complexity index is 253. The highest BCUT2D eigenvalue weighted by Crippen LogP contribution is 2.20. The second-order valence-electron chi connectivity index (χ2n) is 3.16. The largest absolute Gasteiger partial charge is 0.464 e. The van der Waals surface area contributed by atoms with E-state index >= 15 is 0 Å².